The van der Waals surface area contributed by atoms with Crippen LogP contribution in [-0.2, 0) is 0 Å². The number of hydrogen-bond donors (Lipinski definition) is 0. The molecule has 0 bridgehead atoms. The molecule has 0 amide bonds. The molecule has 0 unspecified atom stereocenters. The van der Waals surface area contributed by atoms with Gasteiger partial charge in [-0.25, -0.2) is 0 Å². The predicted molar refractivity (Wildman–Crippen MR) is 20.6 cm³/mol. The van der Waals surface area contributed by atoms with E-state index >= 15 is 0 Å². The van der Waals surface area contributed by atoms with Crippen molar-refractivity contribution in [3.8, 4) is 0 Å². The first kappa shape index (κ1) is 37.5. The quantitative estimate of drug-likeness (QED) is 0.481. The Kier molecular flexibility index (Phi) is 188. The fourth-order valence-corrected chi connectivity index (χ4v) is 0. The van der Waals surface area contributed by atoms with E-state index < -0.39 is 0 Å². The van der Waals surface area contributed by atoms with Gasteiger partial charge in [0.25, 0.3) is 0 Å². The maximum Gasteiger partial charge on any atom is 3.00 e. The summed E-state index contributed by atoms with van der Waals surface area (Å²) < 4.78 is 0. The smallest absolute Gasteiger partial charge is 3.00 e. The molecule has 14 valence electrons. The van der Waals surface area contributed by atoms with Crippen LogP contribution in [-0.4, -0.2) is 63.0 Å². The van der Waals surface area contributed by atoms with Crippen LogP contribution < -0.4 is 0 Å². The molecule has 1 nitrogen and oxygen atoms in total. The maximum atomic E-state index is 0. The molecule has 0 heterocycles. The van der Waals surface area contributed by atoms with E-state index in [0.717, 1.165) is 0 Å². The first-order valence-corrected chi connectivity index (χ1v) is 0. The van der Waals surface area contributed by atoms with Gasteiger partial charge in [0.05, 0.1) is 0 Å². The Labute approximate surface area is 68.5 Å². The van der Waals surface area contributed by atoms with E-state index in [1.54, 1.807) is 0 Å². The molecule has 0 aromatic heterocycles. The average molecular weight is 226 g/mol. The van der Waals surface area contributed by atoms with Crippen LogP contribution in [0, 0.1) is 0 Å². The maximum absolute atomic E-state index is 0. The van der Waals surface area contributed by atoms with Crippen LogP contribution >= 0.6 is 0 Å². The standard InChI is InChI=1S/Al.Ga.In.N/q;;+3;-3. The molecule has 0 fully saturated rings. The third kappa shape index (κ3) is 9.00. The molecule has 0 saturated heterocycles. The van der Waals surface area contributed by atoms with Crippen LogP contribution in [0.25, 0.3) is 6.15 Å². The van der Waals surface area contributed by atoms with Crippen LogP contribution in [0.5, 0.6) is 0 Å². The average Bonchev–Trinajstić information content (AvgIpc) is 0. The molecule has 0 aliphatic heterocycles. The van der Waals surface area contributed by atoms with Gasteiger partial charge in [-0.1, -0.05) is 0 Å². The predicted octanol–water partition coefficient (Wildman–Crippen LogP) is -0.854. The minimum atomic E-state index is 0. The molecule has 0 aliphatic carbocycles. The topological polar surface area (TPSA) is 30.5 Å². The van der Waals surface area contributed by atoms with Crippen LogP contribution in [0.1, 0.15) is 0 Å². The van der Waals surface area contributed by atoms with Crippen LogP contribution in [0.2, 0.25) is 0 Å². The second-order valence-electron chi connectivity index (χ2n) is 0. The van der Waals surface area contributed by atoms with Crippen molar-refractivity contribution in [3.05, 3.63) is 6.15 Å². The zero-order valence-electron chi connectivity index (χ0n) is 2.18. The first-order chi connectivity index (χ1) is 0. The Morgan fingerprint density at radius 3 is 1.00 bits per heavy atom. The normalized spacial score (nSPS) is 0. The SMILES string of the molecule is [Al].[Ga].[In+3].[N-3]. The third-order valence-electron chi connectivity index (χ3n) is 0. The van der Waals surface area contributed by atoms with E-state index in [-0.39, 0.29) is 69.1 Å². The fraction of sp³-hybridized carbons (Fsp3) is 0. The van der Waals surface area contributed by atoms with Gasteiger partial charge < -0.3 is 6.15 Å². The minimum Gasteiger partial charge on any atom is -3.00 e. The summed E-state index contributed by atoms with van der Waals surface area (Å²) in [6, 6.07) is 0. The van der Waals surface area contributed by atoms with E-state index in [9.17, 15) is 0 Å². The molecule has 0 rings (SSSR count). The molecular weight excluding hydrogens is 226 g/mol. The van der Waals surface area contributed by atoms with Gasteiger partial charge in [-0.2, -0.15) is 0 Å². The van der Waals surface area contributed by atoms with E-state index in [2.05, 4.69) is 0 Å². The number of rotatable bonds is 0. The fourth-order valence-electron chi connectivity index (χ4n) is 0. The summed E-state index contributed by atoms with van der Waals surface area (Å²) in [5.74, 6) is 0. The molecule has 0 aromatic rings. The van der Waals surface area contributed by atoms with Crippen molar-refractivity contribution in [2.45, 2.75) is 0 Å². The van der Waals surface area contributed by atoms with E-state index in [0.29, 0.717) is 0 Å². The molecule has 4 heteroatoms. The molecule has 0 N–H and O–H groups in total. The van der Waals surface area contributed by atoms with E-state index in [1.165, 1.54) is 0 Å². The van der Waals surface area contributed by atoms with Crippen LogP contribution in [0.4, 0.5) is 0 Å². The number of nitrogens with zero attached hydrogens (tertiary/aromatic N) is 1. The van der Waals surface area contributed by atoms with Crippen LogP contribution in [0.15, 0.2) is 0 Å². The van der Waals surface area contributed by atoms with Gasteiger partial charge in [-0.05, 0) is 0 Å². The van der Waals surface area contributed by atoms with Crippen molar-refractivity contribution in [2.75, 3.05) is 0 Å². The Morgan fingerprint density at radius 2 is 1.00 bits per heavy atom. The van der Waals surface area contributed by atoms with Gasteiger partial charge in [0, 0.05) is 37.2 Å². The number of hydrogen-bond acceptors (Lipinski definition) is 0. The van der Waals surface area contributed by atoms with Crippen LogP contribution in [0.3, 0.4) is 0 Å². The second-order valence-corrected chi connectivity index (χ2v) is 0. The van der Waals surface area contributed by atoms with Gasteiger partial charge in [-0.3, -0.25) is 0 Å². The molecule has 0 aliphatic rings. The summed E-state index contributed by atoms with van der Waals surface area (Å²) in [6.07, 6.45) is 0. The van der Waals surface area contributed by atoms with E-state index in [1.807, 2.05) is 0 Å². The molecule has 0 saturated carbocycles. The Hall–Kier alpha value is 2.00. The molecule has 0 spiro atoms. The van der Waals surface area contributed by atoms with Gasteiger partial charge in [-0.15, -0.1) is 0 Å². The Morgan fingerprint density at radius 1 is 1.00 bits per heavy atom. The minimum absolute atomic E-state index is 0. The first-order valence-electron chi connectivity index (χ1n) is 0. The van der Waals surface area contributed by atoms with Gasteiger partial charge in [0.2, 0.25) is 0 Å². The summed E-state index contributed by atoms with van der Waals surface area (Å²) >= 11 is 0. The zero-order chi connectivity index (χ0) is 0. The third-order valence-corrected chi connectivity index (χ3v) is 0. The van der Waals surface area contributed by atoms with Gasteiger partial charge in [0.1, 0.15) is 0 Å². The monoisotopic (exact) mass is 225 g/mol. The molecule has 0 aromatic carbocycles. The summed E-state index contributed by atoms with van der Waals surface area (Å²) in [5, 5.41) is 0. The largest absolute Gasteiger partial charge is 3.00 e. The molecule has 0 atom stereocenters. The van der Waals surface area contributed by atoms with Crippen molar-refractivity contribution in [1.29, 1.82) is 0 Å². The van der Waals surface area contributed by atoms with Crippen molar-refractivity contribution < 1.29 is 0 Å². The molecular formula is AlGaInN. The van der Waals surface area contributed by atoms with Crippen molar-refractivity contribution >= 4 is 63.0 Å². The van der Waals surface area contributed by atoms with Crippen molar-refractivity contribution in [3.63, 3.8) is 0 Å². The summed E-state index contributed by atoms with van der Waals surface area (Å²) in [4.78, 5) is 0. The Bertz CT molecular complexity index is 8.00. The van der Waals surface area contributed by atoms with Gasteiger partial charge in [0.15, 0.2) is 0 Å². The van der Waals surface area contributed by atoms with Gasteiger partial charge >= 0.3 is 25.8 Å². The summed E-state index contributed by atoms with van der Waals surface area (Å²) in [5.41, 5.74) is 0. The summed E-state index contributed by atoms with van der Waals surface area (Å²) in [6.45, 7) is 0. The molecule has 4 heavy (non-hydrogen) atoms. The second kappa shape index (κ2) is 20.0. The van der Waals surface area contributed by atoms with E-state index in [4.69, 9.17) is 0 Å². The molecule has 6 radical (unpaired) electrons. The zero-order valence-corrected chi connectivity index (χ0v) is 9.05. The summed E-state index contributed by atoms with van der Waals surface area (Å²) in [7, 11) is 0. The Balaban J connectivity index is 0. The van der Waals surface area contributed by atoms with Crippen molar-refractivity contribution in [2.24, 2.45) is 0 Å². The van der Waals surface area contributed by atoms with Crippen molar-refractivity contribution in [1.82, 2.24) is 0 Å².